The van der Waals surface area contributed by atoms with E-state index >= 15 is 0 Å². The molecule has 20 heavy (non-hydrogen) atoms. The first-order valence-corrected chi connectivity index (χ1v) is 7.02. The highest BCUT2D eigenvalue weighted by Crippen LogP contribution is 2.26. The van der Waals surface area contributed by atoms with Crippen molar-refractivity contribution in [3.8, 4) is 0 Å². The van der Waals surface area contributed by atoms with Gasteiger partial charge in [0.2, 0.25) is 6.29 Å². The normalized spacial score (nSPS) is 19.4. The number of halogens is 1. The first kappa shape index (κ1) is 13.3. The summed E-state index contributed by atoms with van der Waals surface area (Å²) in [6.07, 6.45) is 4.63. The van der Waals surface area contributed by atoms with Gasteiger partial charge < -0.3 is 5.32 Å². The van der Waals surface area contributed by atoms with Crippen molar-refractivity contribution in [2.75, 3.05) is 25.0 Å². The van der Waals surface area contributed by atoms with Crippen LogP contribution in [0.15, 0.2) is 30.5 Å². The molecule has 0 unspecified atom stereocenters. The molecule has 1 aliphatic rings. The molecule has 1 radical (unpaired) electrons. The van der Waals surface area contributed by atoms with Gasteiger partial charge in [0.25, 0.3) is 0 Å². The highest BCUT2D eigenvalue weighted by atomic mass is 35.5. The van der Waals surface area contributed by atoms with E-state index in [1.807, 2.05) is 30.6 Å². The fourth-order valence-corrected chi connectivity index (χ4v) is 2.81. The Morgan fingerprint density at radius 3 is 3.25 bits per heavy atom. The zero-order valence-electron chi connectivity index (χ0n) is 11.0. The second kappa shape index (κ2) is 5.77. The van der Waals surface area contributed by atoms with Crippen LogP contribution in [0.5, 0.6) is 0 Å². The number of carbonyl (C=O) groups excluding carboxylic acids is 1. The number of likely N-dealkylation sites (tertiary alicyclic amines) is 1. The van der Waals surface area contributed by atoms with E-state index in [0.29, 0.717) is 17.6 Å². The fraction of sp³-hybridized carbons (Fsp3) is 0.333. The van der Waals surface area contributed by atoms with Crippen molar-refractivity contribution in [1.82, 2.24) is 9.88 Å². The van der Waals surface area contributed by atoms with Crippen LogP contribution in [0.2, 0.25) is 5.02 Å². The summed E-state index contributed by atoms with van der Waals surface area (Å²) in [6, 6.07) is 8.26. The molecular formula is C15H15ClN3O. The zero-order valence-corrected chi connectivity index (χ0v) is 11.7. The summed E-state index contributed by atoms with van der Waals surface area (Å²) in [5, 5.41) is 5.19. The number of nitrogens with one attached hydrogen (secondary N) is 1. The monoisotopic (exact) mass is 288 g/mol. The second-order valence-corrected chi connectivity index (χ2v) is 5.47. The minimum atomic E-state index is 0.341. The highest BCUT2D eigenvalue weighted by molar-refractivity contribution is 6.31. The SMILES string of the molecule is O=[C]CN1CC[C@@H](Nc2cccc3ncc(Cl)cc23)C1. The van der Waals surface area contributed by atoms with E-state index < -0.39 is 0 Å². The number of nitrogens with zero attached hydrogens (tertiary/aromatic N) is 2. The number of hydrogen-bond donors (Lipinski definition) is 1. The van der Waals surface area contributed by atoms with Gasteiger partial charge >= 0.3 is 0 Å². The molecule has 4 nitrogen and oxygen atoms in total. The molecule has 0 bridgehead atoms. The molecule has 1 aliphatic heterocycles. The predicted molar refractivity (Wildman–Crippen MR) is 80.9 cm³/mol. The summed E-state index contributed by atoms with van der Waals surface area (Å²) in [5.41, 5.74) is 1.97. The van der Waals surface area contributed by atoms with E-state index in [0.717, 1.165) is 36.1 Å². The molecule has 5 heteroatoms. The first-order valence-electron chi connectivity index (χ1n) is 6.64. The standard InChI is InChI=1S/C15H15ClN3O/c16-11-8-13-14(17-9-11)2-1-3-15(13)18-12-4-5-19(10-12)6-7-20/h1-3,8-9,12,18H,4-6,10H2/t12-/m1/s1. The van der Waals surface area contributed by atoms with Crippen LogP contribution in [-0.4, -0.2) is 41.8 Å². The average Bonchev–Trinajstić information content (AvgIpc) is 2.87. The van der Waals surface area contributed by atoms with Gasteiger partial charge in [0, 0.05) is 36.4 Å². The fourth-order valence-electron chi connectivity index (χ4n) is 2.65. The van der Waals surface area contributed by atoms with Crippen LogP contribution in [-0.2, 0) is 4.79 Å². The Morgan fingerprint density at radius 2 is 2.40 bits per heavy atom. The van der Waals surface area contributed by atoms with Crippen LogP contribution in [0.3, 0.4) is 0 Å². The molecular weight excluding hydrogens is 274 g/mol. The van der Waals surface area contributed by atoms with Crippen LogP contribution >= 0.6 is 11.6 Å². The van der Waals surface area contributed by atoms with Crippen molar-refractivity contribution in [1.29, 1.82) is 0 Å². The lowest BCUT2D eigenvalue weighted by molar-refractivity contribution is 0.375. The number of rotatable bonds is 4. The maximum atomic E-state index is 10.4. The van der Waals surface area contributed by atoms with Gasteiger partial charge in [-0.25, -0.2) is 0 Å². The summed E-state index contributed by atoms with van der Waals surface area (Å²) in [4.78, 5) is 16.9. The maximum absolute atomic E-state index is 10.4. The third-order valence-corrected chi connectivity index (χ3v) is 3.82. The quantitative estimate of drug-likeness (QED) is 0.939. The molecule has 0 spiro atoms. The molecule has 1 fully saturated rings. The Balaban J connectivity index is 1.81. The largest absolute Gasteiger partial charge is 0.380 e. The minimum Gasteiger partial charge on any atom is -0.380 e. The molecule has 1 atom stereocenters. The van der Waals surface area contributed by atoms with Gasteiger partial charge in [0.05, 0.1) is 17.1 Å². The van der Waals surface area contributed by atoms with Gasteiger partial charge in [-0.1, -0.05) is 17.7 Å². The third-order valence-electron chi connectivity index (χ3n) is 3.61. The number of benzene rings is 1. The van der Waals surface area contributed by atoms with Crippen LogP contribution in [0.1, 0.15) is 6.42 Å². The van der Waals surface area contributed by atoms with E-state index in [1.165, 1.54) is 0 Å². The smallest absolute Gasteiger partial charge is 0.213 e. The Labute approximate surface area is 122 Å². The summed E-state index contributed by atoms with van der Waals surface area (Å²) in [7, 11) is 0. The van der Waals surface area contributed by atoms with E-state index in [2.05, 4.69) is 15.2 Å². The van der Waals surface area contributed by atoms with Crippen LogP contribution in [0.4, 0.5) is 5.69 Å². The summed E-state index contributed by atoms with van der Waals surface area (Å²) in [5.74, 6) is 0. The van der Waals surface area contributed by atoms with Gasteiger partial charge in [0.15, 0.2) is 0 Å². The van der Waals surface area contributed by atoms with Crippen molar-refractivity contribution in [2.45, 2.75) is 12.5 Å². The molecule has 0 amide bonds. The minimum absolute atomic E-state index is 0.341. The van der Waals surface area contributed by atoms with E-state index in [1.54, 1.807) is 6.20 Å². The van der Waals surface area contributed by atoms with Crippen molar-refractivity contribution in [3.05, 3.63) is 35.5 Å². The van der Waals surface area contributed by atoms with E-state index in [-0.39, 0.29) is 0 Å². The Kier molecular flexibility index (Phi) is 3.85. The maximum Gasteiger partial charge on any atom is 0.213 e. The molecule has 1 saturated heterocycles. The summed E-state index contributed by atoms with van der Waals surface area (Å²) < 4.78 is 0. The molecule has 3 rings (SSSR count). The predicted octanol–water partition coefficient (Wildman–Crippen LogP) is 2.48. The first-order chi connectivity index (χ1) is 9.76. The number of aromatic nitrogens is 1. The van der Waals surface area contributed by atoms with Gasteiger partial charge in [-0.15, -0.1) is 0 Å². The van der Waals surface area contributed by atoms with Crippen LogP contribution in [0.25, 0.3) is 10.9 Å². The topological polar surface area (TPSA) is 45.2 Å². The average molecular weight is 289 g/mol. The van der Waals surface area contributed by atoms with Crippen molar-refractivity contribution >= 4 is 34.5 Å². The van der Waals surface area contributed by atoms with E-state index in [4.69, 9.17) is 11.6 Å². The molecule has 2 aromatic rings. The Bertz CT molecular complexity index is 632. The van der Waals surface area contributed by atoms with Crippen molar-refractivity contribution in [3.63, 3.8) is 0 Å². The third kappa shape index (κ3) is 2.76. The van der Waals surface area contributed by atoms with Crippen molar-refractivity contribution in [2.24, 2.45) is 0 Å². The van der Waals surface area contributed by atoms with Gasteiger partial charge in [-0.05, 0) is 24.6 Å². The molecule has 1 aromatic heterocycles. The van der Waals surface area contributed by atoms with Crippen LogP contribution in [0, 0.1) is 0 Å². The molecule has 103 valence electrons. The molecule has 0 aliphatic carbocycles. The number of fused-ring (bicyclic) bond motifs is 1. The van der Waals surface area contributed by atoms with Gasteiger partial charge in [-0.3, -0.25) is 14.7 Å². The Morgan fingerprint density at radius 1 is 1.50 bits per heavy atom. The summed E-state index contributed by atoms with van der Waals surface area (Å²) in [6.45, 7) is 2.18. The molecule has 1 N–H and O–H groups in total. The molecule has 1 aromatic carbocycles. The van der Waals surface area contributed by atoms with E-state index in [9.17, 15) is 4.79 Å². The van der Waals surface area contributed by atoms with Gasteiger partial charge in [0.1, 0.15) is 0 Å². The lowest BCUT2D eigenvalue weighted by Gasteiger charge is -2.16. The second-order valence-electron chi connectivity index (χ2n) is 5.04. The number of hydrogen-bond acceptors (Lipinski definition) is 4. The Hall–Kier alpha value is -1.65. The molecule has 2 heterocycles. The van der Waals surface area contributed by atoms with Crippen LogP contribution < -0.4 is 5.32 Å². The number of anilines is 1. The lowest BCUT2D eigenvalue weighted by atomic mass is 10.1. The van der Waals surface area contributed by atoms with Crippen molar-refractivity contribution < 1.29 is 4.79 Å². The zero-order chi connectivity index (χ0) is 13.9. The summed E-state index contributed by atoms with van der Waals surface area (Å²) >= 11 is 6.03. The molecule has 0 saturated carbocycles. The number of pyridine rings is 1. The lowest BCUT2D eigenvalue weighted by Crippen LogP contribution is -2.27. The van der Waals surface area contributed by atoms with Gasteiger partial charge in [-0.2, -0.15) is 0 Å². The highest BCUT2D eigenvalue weighted by Gasteiger charge is 2.22.